The summed E-state index contributed by atoms with van der Waals surface area (Å²) >= 11 is 3.39. The van der Waals surface area contributed by atoms with E-state index in [-0.39, 0.29) is 18.6 Å². The Morgan fingerprint density at radius 1 is 1.17 bits per heavy atom. The van der Waals surface area contributed by atoms with Crippen molar-refractivity contribution in [1.82, 2.24) is 0 Å². The monoisotopic (exact) mass is 392 g/mol. The van der Waals surface area contributed by atoms with Gasteiger partial charge < -0.3 is 9.64 Å². The van der Waals surface area contributed by atoms with E-state index in [1.54, 1.807) is 17.0 Å². The van der Waals surface area contributed by atoms with Gasteiger partial charge in [-0.15, -0.1) is 0 Å². The van der Waals surface area contributed by atoms with Crippen molar-refractivity contribution in [3.8, 4) is 5.75 Å². The number of fused-ring (bicyclic) bond motifs is 1. The minimum absolute atomic E-state index is 0.00211. The molecular weight excluding hydrogens is 376 g/mol. The molecule has 6 nitrogen and oxygen atoms in total. The fourth-order valence-electron chi connectivity index (χ4n) is 3.02. The lowest BCUT2D eigenvalue weighted by molar-refractivity contribution is -0.122. The Balaban J connectivity index is 2.08. The third-order valence-electron chi connectivity index (χ3n) is 4.11. The normalized spacial score (nSPS) is 18.0. The van der Waals surface area contributed by atoms with Gasteiger partial charge in [0.2, 0.25) is 0 Å². The summed E-state index contributed by atoms with van der Waals surface area (Å²) in [7, 11) is 0. The molecule has 0 radical (unpaired) electrons. The van der Waals surface area contributed by atoms with Crippen LogP contribution in [0.4, 0.5) is 11.4 Å². The number of anilines is 2. The standard InChI is InChI=1S/C17H17BrN2O4/c1-3-4-10(2)19-13-8-12(20-15(21)5-6-16(20)22)11(18)7-14(13)24-9-17(19)23/h5-8,10H,3-4,9H2,1-2H3. The largest absolute Gasteiger partial charge is 0.482 e. The first-order valence-electron chi connectivity index (χ1n) is 7.78. The van der Waals surface area contributed by atoms with Gasteiger partial charge in [-0.1, -0.05) is 13.3 Å². The molecule has 126 valence electrons. The molecular formula is C17H17BrN2O4. The van der Waals surface area contributed by atoms with Crippen LogP contribution < -0.4 is 14.5 Å². The Hall–Kier alpha value is -2.15. The van der Waals surface area contributed by atoms with Gasteiger partial charge in [-0.3, -0.25) is 14.4 Å². The van der Waals surface area contributed by atoms with E-state index in [1.165, 1.54) is 12.2 Å². The Morgan fingerprint density at radius 2 is 1.83 bits per heavy atom. The van der Waals surface area contributed by atoms with E-state index in [1.807, 2.05) is 6.92 Å². The maximum atomic E-state index is 12.3. The molecule has 7 heteroatoms. The van der Waals surface area contributed by atoms with Crippen LogP contribution in [0.1, 0.15) is 26.7 Å². The summed E-state index contributed by atoms with van der Waals surface area (Å²) in [5.74, 6) is -0.386. The number of imide groups is 1. The van der Waals surface area contributed by atoms with Crippen molar-refractivity contribution in [2.45, 2.75) is 32.7 Å². The van der Waals surface area contributed by atoms with Gasteiger partial charge in [0, 0.05) is 22.7 Å². The molecule has 0 spiro atoms. The lowest BCUT2D eigenvalue weighted by atomic mass is 10.1. The first-order valence-corrected chi connectivity index (χ1v) is 8.58. The molecule has 0 aromatic heterocycles. The van der Waals surface area contributed by atoms with E-state index >= 15 is 0 Å². The summed E-state index contributed by atoms with van der Waals surface area (Å²) in [4.78, 5) is 39.1. The molecule has 1 aromatic carbocycles. The molecule has 2 aliphatic heterocycles. The highest BCUT2D eigenvalue weighted by molar-refractivity contribution is 9.10. The number of rotatable bonds is 4. The maximum Gasteiger partial charge on any atom is 0.265 e. The molecule has 2 heterocycles. The highest BCUT2D eigenvalue weighted by Gasteiger charge is 2.33. The Kier molecular flexibility index (Phi) is 4.45. The highest BCUT2D eigenvalue weighted by atomic mass is 79.9. The number of amides is 3. The Labute approximate surface area is 148 Å². The van der Waals surface area contributed by atoms with E-state index < -0.39 is 11.8 Å². The molecule has 1 aromatic rings. The molecule has 24 heavy (non-hydrogen) atoms. The second-order valence-electron chi connectivity index (χ2n) is 5.81. The van der Waals surface area contributed by atoms with Crippen LogP contribution in [0.2, 0.25) is 0 Å². The number of ether oxygens (including phenoxy) is 1. The molecule has 0 N–H and O–H groups in total. The van der Waals surface area contributed by atoms with Crippen molar-refractivity contribution in [2.24, 2.45) is 0 Å². The second-order valence-corrected chi connectivity index (χ2v) is 6.66. The van der Waals surface area contributed by atoms with Crippen molar-refractivity contribution in [2.75, 3.05) is 16.4 Å². The third kappa shape index (κ3) is 2.73. The van der Waals surface area contributed by atoms with Crippen LogP contribution >= 0.6 is 15.9 Å². The van der Waals surface area contributed by atoms with E-state index in [2.05, 4.69) is 22.9 Å². The SMILES string of the molecule is CCCC(C)N1C(=O)COc2cc(Br)c(N3C(=O)C=CC3=O)cc21. The van der Waals surface area contributed by atoms with Crippen LogP contribution in [0.5, 0.6) is 5.75 Å². The number of carbonyl (C=O) groups is 3. The molecule has 1 unspecified atom stereocenters. The van der Waals surface area contributed by atoms with E-state index in [0.717, 1.165) is 17.7 Å². The average Bonchev–Trinajstić information content (AvgIpc) is 2.86. The van der Waals surface area contributed by atoms with E-state index in [9.17, 15) is 14.4 Å². The van der Waals surface area contributed by atoms with Gasteiger partial charge in [-0.25, -0.2) is 4.90 Å². The fourth-order valence-corrected chi connectivity index (χ4v) is 3.52. The van der Waals surface area contributed by atoms with Crippen LogP contribution in [0, 0.1) is 0 Å². The summed E-state index contributed by atoms with van der Waals surface area (Å²) < 4.78 is 6.08. The smallest absolute Gasteiger partial charge is 0.265 e. The van der Waals surface area contributed by atoms with Crippen LogP contribution in [0.15, 0.2) is 28.8 Å². The number of benzene rings is 1. The number of carbonyl (C=O) groups excluding carboxylic acids is 3. The van der Waals surface area contributed by atoms with Crippen LogP contribution in [0.3, 0.4) is 0 Å². The molecule has 0 fully saturated rings. The molecule has 2 aliphatic rings. The van der Waals surface area contributed by atoms with Crippen LogP contribution in [0.25, 0.3) is 0 Å². The molecule has 0 saturated heterocycles. The van der Waals surface area contributed by atoms with Crippen molar-refractivity contribution in [3.05, 3.63) is 28.8 Å². The zero-order chi connectivity index (χ0) is 17.4. The summed E-state index contributed by atoms with van der Waals surface area (Å²) in [6, 6.07) is 3.36. The number of hydrogen-bond acceptors (Lipinski definition) is 4. The summed E-state index contributed by atoms with van der Waals surface area (Å²) in [5.41, 5.74) is 0.985. The van der Waals surface area contributed by atoms with Gasteiger partial charge in [0.1, 0.15) is 5.75 Å². The molecule has 3 amide bonds. The van der Waals surface area contributed by atoms with Gasteiger partial charge in [0.05, 0.1) is 11.4 Å². The van der Waals surface area contributed by atoms with Gasteiger partial charge in [-0.05, 0) is 41.4 Å². The van der Waals surface area contributed by atoms with Gasteiger partial charge >= 0.3 is 0 Å². The molecule has 0 saturated carbocycles. The van der Waals surface area contributed by atoms with Crippen LogP contribution in [-0.2, 0) is 14.4 Å². The third-order valence-corrected chi connectivity index (χ3v) is 4.74. The number of halogens is 1. The van der Waals surface area contributed by atoms with Crippen LogP contribution in [-0.4, -0.2) is 30.4 Å². The zero-order valence-corrected chi connectivity index (χ0v) is 15.0. The second kappa shape index (κ2) is 6.39. The zero-order valence-electron chi connectivity index (χ0n) is 13.4. The summed E-state index contributed by atoms with van der Waals surface area (Å²) in [5, 5.41) is 0. The fraction of sp³-hybridized carbons (Fsp3) is 0.353. The van der Waals surface area contributed by atoms with E-state index in [0.29, 0.717) is 21.6 Å². The van der Waals surface area contributed by atoms with Crippen molar-refractivity contribution in [3.63, 3.8) is 0 Å². The summed E-state index contributed by atoms with van der Waals surface area (Å²) in [6.07, 6.45) is 4.25. The first kappa shape index (κ1) is 16.7. The predicted octanol–water partition coefficient (Wildman–Crippen LogP) is 2.79. The van der Waals surface area contributed by atoms with Crippen molar-refractivity contribution < 1.29 is 19.1 Å². The molecule has 0 aliphatic carbocycles. The quantitative estimate of drug-likeness (QED) is 0.738. The van der Waals surface area contributed by atoms with E-state index in [4.69, 9.17) is 4.74 Å². The Morgan fingerprint density at radius 3 is 2.46 bits per heavy atom. The minimum atomic E-state index is -0.406. The molecule has 0 bridgehead atoms. The van der Waals surface area contributed by atoms with Crippen molar-refractivity contribution >= 4 is 45.0 Å². The van der Waals surface area contributed by atoms with Gasteiger partial charge in [-0.2, -0.15) is 0 Å². The predicted molar refractivity (Wildman–Crippen MR) is 93.1 cm³/mol. The van der Waals surface area contributed by atoms with Crippen molar-refractivity contribution in [1.29, 1.82) is 0 Å². The highest BCUT2D eigenvalue weighted by Crippen LogP contribution is 2.42. The van der Waals surface area contributed by atoms with Gasteiger partial charge in [0.15, 0.2) is 6.61 Å². The topological polar surface area (TPSA) is 66.9 Å². The lowest BCUT2D eigenvalue weighted by Gasteiger charge is -2.35. The maximum absolute atomic E-state index is 12.3. The molecule has 3 rings (SSSR count). The number of nitrogens with zero attached hydrogens (tertiary/aromatic N) is 2. The first-order chi connectivity index (χ1) is 11.4. The lowest BCUT2D eigenvalue weighted by Crippen LogP contribution is -2.44. The van der Waals surface area contributed by atoms with Gasteiger partial charge in [0.25, 0.3) is 17.7 Å². The minimum Gasteiger partial charge on any atom is -0.482 e. The number of hydrogen-bond donors (Lipinski definition) is 0. The molecule has 1 atom stereocenters. The Bertz CT molecular complexity index is 741. The summed E-state index contributed by atoms with van der Waals surface area (Å²) in [6.45, 7) is 4.02. The average molecular weight is 393 g/mol.